The summed E-state index contributed by atoms with van der Waals surface area (Å²) >= 11 is 0. The third kappa shape index (κ3) is 12.8. The highest BCUT2D eigenvalue weighted by molar-refractivity contribution is 5.76. The molecule has 0 aromatic carbocycles. The van der Waals surface area contributed by atoms with Crippen molar-refractivity contribution in [2.75, 3.05) is 53.4 Å². The highest BCUT2D eigenvalue weighted by atomic mass is 16.2. The molecule has 0 aliphatic carbocycles. The largest absolute Gasteiger partial charge is 0.359 e. The summed E-state index contributed by atoms with van der Waals surface area (Å²) in [4.78, 5) is 36.2. The lowest BCUT2D eigenvalue weighted by atomic mass is 10.2. The topological polar surface area (TPSA) is 103 Å². The van der Waals surface area contributed by atoms with Gasteiger partial charge in [0.15, 0.2) is 0 Å². The van der Waals surface area contributed by atoms with E-state index in [0.717, 1.165) is 19.5 Å². The first-order valence-electron chi connectivity index (χ1n) is 8.64. The van der Waals surface area contributed by atoms with Gasteiger partial charge < -0.3 is 26.2 Å². The van der Waals surface area contributed by atoms with Crippen LogP contribution in [0.25, 0.3) is 0 Å². The lowest BCUT2D eigenvalue weighted by Crippen LogP contribution is -2.35. The summed E-state index contributed by atoms with van der Waals surface area (Å²) in [6.07, 6.45) is 2.23. The molecule has 0 spiro atoms. The van der Waals surface area contributed by atoms with Gasteiger partial charge in [-0.1, -0.05) is 0 Å². The Hall–Kier alpha value is -1.67. The van der Waals surface area contributed by atoms with Crippen LogP contribution in [0.4, 0.5) is 0 Å². The smallest absolute Gasteiger partial charge is 0.221 e. The van der Waals surface area contributed by atoms with Crippen molar-refractivity contribution in [3.63, 3.8) is 0 Å². The molecule has 0 heterocycles. The normalized spacial score (nSPS) is 10.5. The van der Waals surface area contributed by atoms with Gasteiger partial charge in [0.2, 0.25) is 17.7 Å². The Kier molecular flexibility index (Phi) is 13.9. The predicted molar refractivity (Wildman–Crippen MR) is 94.6 cm³/mol. The van der Waals surface area contributed by atoms with Gasteiger partial charge in [-0.2, -0.15) is 0 Å². The number of nitrogens with zero attached hydrogens (tertiary/aromatic N) is 1. The first-order valence-corrected chi connectivity index (χ1v) is 8.64. The summed E-state index contributed by atoms with van der Waals surface area (Å²) in [6.45, 7) is 6.06. The SMILES string of the molecule is CCNC(=O)CCN(CCCNCCC(=O)NC)CCC(=O)NC. The highest BCUT2D eigenvalue weighted by Gasteiger charge is 2.10. The summed E-state index contributed by atoms with van der Waals surface area (Å²) < 4.78 is 0. The fraction of sp³-hybridized carbons (Fsp3) is 0.812. The van der Waals surface area contributed by atoms with Crippen LogP contribution in [0.3, 0.4) is 0 Å². The molecule has 0 aromatic rings. The predicted octanol–water partition coefficient (Wildman–Crippen LogP) is -0.933. The van der Waals surface area contributed by atoms with E-state index in [0.29, 0.717) is 45.4 Å². The molecule has 0 bridgehead atoms. The molecule has 8 heteroatoms. The average molecular weight is 343 g/mol. The Morgan fingerprint density at radius 1 is 0.792 bits per heavy atom. The van der Waals surface area contributed by atoms with Crippen molar-refractivity contribution in [3.8, 4) is 0 Å². The Balaban J connectivity index is 4.02. The quantitative estimate of drug-likeness (QED) is 0.305. The molecule has 140 valence electrons. The molecule has 0 fully saturated rings. The standard InChI is InChI=1S/C16H33N5O3/c1-4-20-16(24)8-13-21(12-7-15(23)18-3)11-5-9-19-10-6-14(22)17-2/h19H,4-13H2,1-3H3,(H,17,22)(H,18,23)(H,20,24). The number of carbonyl (C=O) groups excluding carboxylic acids is 3. The monoisotopic (exact) mass is 343 g/mol. The zero-order valence-corrected chi connectivity index (χ0v) is 15.2. The molecule has 8 nitrogen and oxygen atoms in total. The molecule has 24 heavy (non-hydrogen) atoms. The second-order valence-electron chi connectivity index (χ2n) is 5.50. The maximum Gasteiger partial charge on any atom is 0.221 e. The molecule has 0 saturated heterocycles. The van der Waals surface area contributed by atoms with Crippen LogP contribution in [0.5, 0.6) is 0 Å². The van der Waals surface area contributed by atoms with E-state index in [1.54, 1.807) is 14.1 Å². The number of amides is 3. The number of hydrogen-bond donors (Lipinski definition) is 4. The van der Waals surface area contributed by atoms with Crippen LogP contribution in [-0.2, 0) is 14.4 Å². The van der Waals surface area contributed by atoms with Crippen molar-refractivity contribution in [2.45, 2.75) is 32.6 Å². The van der Waals surface area contributed by atoms with Crippen LogP contribution in [0.1, 0.15) is 32.6 Å². The second-order valence-corrected chi connectivity index (χ2v) is 5.50. The summed E-state index contributed by atoms with van der Waals surface area (Å²) in [5.41, 5.74) is 0. The van der Waals surface area contributed by atoms with Crippen LogP contribution in [0.2, 0.25) is 0 Å². The molecule has 3 amide bonds. The number of nitrogens with one attached hydrogen (secondary N) is 4. The van der Waals surface area contributed by atoms with E-state index < -0.39 is 0 Å². The Labute approximate surface area is 145 Å². The number of carbonyl (C=O) groups is 3. The van der Waals surface area contributed by atoms with Gasteiger partial charge >= 0.3 is 0 Å². The molecule has 0 aliphatic rings. The summed E-state index contributed by atoms with van der Waals surface area (Å²) in [5.74, 6) is 0.0597. The summed E-state index contributed by atoms with van der Waals surface area (Å²) in [7, 11) is 3.25. The van der Waals surface area contributed by atoms with E-state index in [4.69, 9.17) is 0 Å². The van der Waals surface area contributed by atoms with Crippen LogP contribution >= 0.6 is 0 Å². The molecule has 0 radical (unpaired) electrons. The Bertz CT molecular complexity index is 377. The van der Waals surface area contributed by atoms with Crippen LogP contribution in [-0.4, -0.2) is 76.0 Å². The Morgan fingerprint density at radius 2 is 1.38 bits per heavy atom. The molecule has 0 atom stereocenters. The van der Waals surface area contributed by atoms with Gasteiger partial charge in [-0.05, 0) is 26.4 Å². The minimum Gasteiger partial charge on any atom is -0.359 e. The van der Waals surface area contributed by atoms with Crippen molar-refractivity contribution in [1.82, 2.24) is 26.2 Å². The van der Waals surface area contributed by atoms with Crippen molar-refractivity contribution < 1.29 is 14.4 Å². The average Bonchev–Trinajstić information content (AvgIpc) is 2.58. The van der Waals surface area contributed by atoms with E-state index in [-0.39, 0.29) is 17.7 Å². The highest BCUT2D eigenvalue weighted by Crippen LogP contribution is 1.97. The molecular formula is C16H33N5O3. The molecule has 0 rings (SSSR count). The zero-order valence-electron chi connectivity index (χ0n) is 15.2. The lowest BCUT2D eigenvalue weighted by Gasteiger charge is -2.21. The van der Waals surface area contributed by atoms with Gasteiger partial charge in [0.25, 0.3) is 0 Å². The third-order valence-electron chi connectivity index (χ3n) is 3.60. The molecule has 4 N–H and O–H groups in total. The minimum atomic E-state index is 0.00159. The number of rotatable bonds is 14. The molecule has 0 aliphatic heterocycles. The van der Waals surface area contributed by atoms with E-state index in [1.807, 2.05) is 6.92 Å². The van der Waals surface area contributed by atoms with Crippen molar-refractivity contribution >= 4 is 17.7 Å². The lowest BCUT2D eigenvalue weighted by molar-refractivity contribution is -0.122. The van der Waals surface area contributed by atoms with Gasteiger partial charge in [-0.15, -0.1) is 0 Å². The van der Waals surface area contributed by atoms with Gasteiger partial charge in [0.05, 0.1) is 0 Å². The first-order chi connectivity index (χ1) is 11.5. The zero-order chi connectivity index (χ0) is 18.2. The maximum absolute atomic E-state index is 11.6. The second kappa shape index (κ2) is 14.9. The van der Waals surface area contributed by atoms with E-state index in [9.17, 15) is 14.4 Å². The van der Waals surface area contributed by atoms with E-state index in [1.165, 1.54) is 0 Å². The van der Waals surface area contributed by atoms with Crippen molar-refractivity contribution in [2.24, 2.45) is 0 Å². The molecule has 0 aromatic heterocycles. The molecule has 0 unspecified atom stereocenters. The summed E-state index contributed by atoms with van der Waals surface area (Å²) in [5, 5.41) is 11.2. The minimum absolute atomic E-state index is 0.00159. The Morgan fingerprint density at radius 3 is 1.96 bits per heavy atom. The van der Waals surface area contributed by atoms with Gasteiger partial charge in [-0.3, -0.25) is 14.4 Å². The van der Waals surface area contributed by atoms with Crippen molar-refractivity contribution in [3.05, 3.63) is 0 Å². The van der Waals surface area contributed by atoms with Gasteiger partial charge in [-0.25, -0.2) is 0 Å². The van der Waals surface area contributed by atoms with Crippen LogP contribution in [0.15, 0.2) is 0 Å². The molecular weight excluding hydrogens is 310 g/mol. The van der Waals surface area contributed by atoms with Crippen LogP contribution < -0.4 is 21.3 Å². The fourth-order valence-corrected chi connectivity index (χ4v) is 2.14. The van der Waals surface area contributed by atoms with Gasteiger partial charge in [0, 0.05) is 59.5 Å². The maximum atomic E-state index is 11.6. The molecule has 0 saturated carbocycles. The fourth-order valence-electron chi connectivity index (χ4n) is 2.14. The first kappa shape index (κ1) is 22.3. The number of hydrogen-bond acceptors (Lipinski definition) is 5. The van der Waals surface area contributed by atoms with Gasteiger partial charge in [0.1, 0.15) is 0 Å². The summed E-state index contributed by atoms with van der Waals surface area (Å²) in [6, 6.07) is 0. The van der Waals surface area contributed by atoms with E-state index >= 15 is 0 Å². The van der Waals surface area contributed by atoms with Crippen molar-refractivity contribution in [1.29, 1.82) is 0 Å². The van der Waals surface area contributed by atoms with E-state index in [2.05, 4.69) is 26.2 Å². The third-order valence-corrected chi connectivity index (χ3v) is 3.60. The van der Waals surface area contributed by atoms with Crippen LogP contribution in [0, 0.1) is 0 Å².